The van der Waals surface area contributed by atoms with Gasteiger partial charge in [-0.05, 0) is 6.92 Å². The van der Waals surface area contributed by atoms with Crippen molar-refractivity contribution in [1.82, 2.24) is 16.0 Å². The van der Waals surface area contributed by atoms with Gasteiger partial charge in [-0.15, -0.1) is 12.4 Å². The Balaban J connectivity index is 0. The van der Waals surface area contributed by atoms with Gasteiger partial charge in [-0.2, -0.15) is 5.12 Å². The van der Waals surface area contributed by atoms with E-state index in [9.17, 15) is 0 Å². The standard InChI is InChI=1S/C4H13N3.ClH/c1-4-7(5-2)6-3;/h5-6H,4H2,1-3H3;1H. The van der Waals surface area contributed by atoms with E-state index in [4.69, 9.17) is 0 Å². The summed E-state index contributed by atoms with van der Waals surface area (Å²) in [5, 5.41) is 1.88. The normalized spacial score (nSPS) is 9.00. The van der Waals surface area contributed by atoms with Gasteiger partial charge in [0.05, 0.1) is 0 Å². The molecule has 3 nitrogen and oxygen atoms in total. The first-order valence-corrected chi connectivity index (χ1v) is 2.47. The highest BCUT2D eigenvalue weighted by Gasteiger charge is 1.86. The third-order valence-electron chi connectivity index (χ3n) is 0.856. The van der Waals surface area contributed by atoms with Gasteiger partial charge in [-0.1, -0.05) is 0 Å². The molecule has 0 atom stereocenters. The maximum atomic E-state index is 2.92. The summed E-state index contributed by atoms with van der Waals surface area (Å²) in [6, 6.07) is 0. The maximum Gasteiger partial charge on any atom is 0.0259 e. The Morgan fingerprint density at radius 3 is 1.62 bits per heavy atom. The Labute approximate surface area is 56.8 Å². The molecule has 0 aliphatic carbocycles. The van der Waals surface area contributed by atoms with Gasteiger partial charge in [-0.3, -0.25) is 0 Å². The minimum absolute atomic E-state index is 0. The van der Waals surface area contributed by atoms with Gasteiger partial charge in [-0.25, -0.2) is 10.9 Å². The van der Waals surface area contributed by atoms with Crippen molar-refractivity contribution in [2.45, 2.75) is 6.92 Å². The van der Waals surface area contributed by atoms with Crippen molar-refractivity contribution in [3.63, 3.8) is 0 Å². The molecule has 0 fully saturated rings. The minimum atomic E-state index is 0. The van der Waals surface area contributed by atoms with Crippen LogP contribution in [0, 0.1) is 0 Å². The van der Waals surface area contributed by atoms with Gasteiger partial charge in [0.15, 0.2) is 0 Å². The third kappa shape index (κ3) is 4.33. The summed E-state index contributed by atoms with van der Waals surface area (Å²) < 4.78 is 0. The lowest BCUT2D eigenvalue weighted by Gasteiger charge is -2.15. The fourth-order valence-corrected chi connectivity index (χ4v) is 0.428. The van der Waals surface area contributed by atoms with E-state index in [1.54, 1.807) is 0 Å². The average Bonchev–Trinajstić information content (AvgIpc) is 1.72. The predicted octanol–water partition coefficient (Wildman–Crippen LogP) is -0.00110. The van der Waals surface area contributed by atoms with Crippen molar-refractivity contribution >= 4 is 12.4 Å². The van der Waals surface area contributed by atoms with Crippen LogP contribution < -0.4 is 10.9 Å². The largest absolute Gasteiger partial charge is 0.245 e. The number of halogens is 1. The fourth-order valence-electron chi connectivity index (χ4n) is 0.428. The van der Waals surface area contributed by atoms with E-state index in [1.165, 1.54) is 0 Å². The fraction of sp³-hybridized carbons (Fsp3) is 1.00. The van der Waals surface area contributed by atoms with E-state index in [0.717, 1.165) is 6.54 Å². The van der Waals surface area contributed by atoms with Gasteiger partial charge in [0.1, 0.15) is 0 Å². The molecule has 0 heterocycles. The molecule has 0 spiro atoms. The van der Waals surface area contributed by atoms with E-state index in [-0.39, 0.29) is 12.4 Å². The Hall–Kier alpha value is 0.170. The molecule has 0 aliphatic rings. The molecule has 0 unspecified atom stereocenters. The van der Waals surface area contributed by atoms with Crippen LogP contribution in [-0.2, 0) is 0 Å². The second kappa shape index (κ2) is 7.17. The number of rotatable bonds is 3. The van der Waals surface area contributed by atoms with Crippen LogP contribution in [0.4, 0.5) is 0 Å². The molecule has 0 aromatic carbocycles. The Bertz CT molecular complexity index is 32.8. The summed E-state index contributed by atoms with van der Waals surface area (Å²) >= 11 is 0. The van der Waals surface area contributed by atoms with E-state index in [1.807, 2.05) is 19.2 Å². The smallest absolute Gasteiger partial charge is 0.0259 e. The number of hydrogen-bond acceptors (Lipinski definition) is 3. The maximum absolute atomic E-state index is 2.92. The second-order valence-corrected chi connectivity index (χ2v) is 1.19. The third-order valence-corrected chi connectivity index (χ3v) is 0.856. The Morgan fingerprint density at radius 2 is 1.62 bits per heavy atom. The van der Waals surface area contributed by atoms with Gasteiger partial charge in [0.25, 0.3) is 0 Å². The van der Waals surface area contributed by atoms with Crippen molar-refractivity contribution in [3.05, 3.63) is 0 Å². The molecule has 0 aromatic heterocycles. The highest BCUT2D eigenvalue weighted by molar-refractivity contribution is 5.85. The van der Waals surface area contributed by atoms with E-state index >= 15 is 0 Å². The molecule has 8 heavy (non-hydrogen) atoms. The first-order chi connectivity index (χ1) is 3.35. The van der Waals surface area contributed by atoms with E-state index in [2.05, 4.69) is 17.8 Å². The van der Waals surface area contributed by atoms with Crippen LogP contribution in [0.1, 0.15) is 6.92 Å². The predicted molar refractivity (Wildman–Crippen MR) is 37.7 cm³/mol. The molecule has 0 saturated carbocycles. The molecule has 52 valence electrons. The van der Waals surface area contributed by atoms with Gasteiger partial charge < -0.3 is 0 Å². The molecule has 0 aromatic rings. The summed E-state index contributed by atoms with van der Waals surface area (Å²) in [5.74, 6) is 0. The van der Waals surface area contributed by atoms with Crippen LogP contribution in [0.15, 0.2) is 0 Å². The van der Waals surface area contributed by atoms with Gasteiger partial charge in [0, 0.05) is 20.6 Å². The summed E-state index contributed by atoms with van der Waals surface area (Å²) in [6.07, 6.45) is 0. The summed E-state index contributed by atoms with van der Waals surface area (Å²) in [7, 11) is 3.75. The van der Waals surface area contributed by atoms with E-state index < -0.39 is 0 Å². The lowest BCUT2D eigenvalue weighted by Crippen LogP contribution is -2.43. The molecule has 0 aliphatic heterocycles. The number of nitrogens with zero attached hydrogens (tertiary/aromatic N) is 1. The van der Waals surface area contributed by atoms with Crippen LogP contribution in [0.3, 0.4) is 0 Å². The zero-order valence-corrected chi connectivity index (χ0v) is 6.38. The first kappa shape index (κ1) is 11.0. The van der Waals surface area contributed by atoms with Crippen LogP contribution in [0.5, 0.6) is 0 Å². The van der Waals surface area contributed by atoms with Crippen molar-refractivity contribution in [2.24, 2.45) is 0 Å². The van der Waals surface area contributed by atoms with Crippen molar-refractivity contribution in [3.8, 4) is 0 Å². The number of nitrogens with one attached hydrogen (secondary N) is 2. The van der Waals surface area contributed by atoms with Crippen LogP contribution >= 0.6 is 12.4 Å². The highest BCUT2D eigenvalue weighted by Crippen LogP contribution is 1.64. The van der Waals surface area contributed by atoms with Crippen molar-refractivity contribution < 1.29 is 0 Å². The quantitative estimate of drug-likeness (QED) is 0.539. The molecule has 0 rings (SSSR count). The summed E-state index contributed by atoms with van der Waals surface area (Å²) in [5.41, 5.74) is 5.85. The first-order valence-electron chi connectivity index (χ1n) is 2.47. The van der Waals surface area contributed by atoms with Gasteiger partial charge >= 0.3 is 0 Å². The average molecular weight is 140 g/mol. The monoisotopic (exact) mass is 139 g/mol. The Morgan fingerprint density at radius 1 is 1.25 bits per heavy atom. The SMILES string of the molecule is CCN(NC)NC.Cl. The molecule has 0 amide bonds. The van der Waals surface area contributed by atoms with Crippen LogP contribution in [-0.4, -0.2) is 25.8 Å². The highest BCUT2D eigenvalue weighted by atomic mass is 35.5. The molecule has 4 heteroatoms. The zero-order chi connectivity index (χ0) is 5.70. The Kier molecular flexibility index (Phi) is 9.89. The van der Waals surface area contributed by atoms with Crippen molar-refractivity contribution in [2.75, 3.05) is 20.6 Å². The van der Waals surface area contributed by atoms with Crippen molar-refractivity contribution in [1.29, 1.82) is 0 Å². The van der Waals surface area contributed by atoms with E-state index in [0.29, 0.717) is 0 Å². The van der Waals surface area contributed by atoms with Crippen LogP contribution in [0.2, 0.25) is 0 Å². The summed E-state index contributed by atoms with van der Waals surface area (Å²) in [4.78, 5) is 0. The minimum Gasteiger partial charge on any atom is -0.245 e. The molecule has 2 N–H and O–H groups in total. The van der Waals surface area contributed by atoms with Gasteiger partial charge in [0.2, 0.25) is 0 Å². The summed E-state index contributed by atoms with van der Waals surface area (Å²) in [6.45, 7) is 3.03. The lowest BCUT2D eigenvalue weighted by molar-refractivity contribution is 0.155. The molecular formula is C4H14ClN3. The molecule has 0 saturated heterocycles. The number of hydrazine groups is 2. The number of hydrogen-bond donors (Lipinski definition) is 2. The zero-order valence-electron chi connectivity index (χ0n) is 5.56. The second-order valence-electron chi connectivity index (χ2n) is 1.19. The molecule has 0 bridgehead atoms. The lowest BCUT2D eigenvalue weighted by atomic mass is 10.8. The molecular weight excluding hydrogens is 126 g/mol. The van der Waals surface area contributed by atoms with Crippen LogP contribution in [0.25, 0.3) is 0 Å². The topological polar surface area (TPSA) is 27.3 Å². The molecule has 0 radical (unpaired) electrons.